The van der Waals surface area contributed by atoms with Gasteiger partial charge in [-0.3, -0.25) is 24.5 Å². The maximum atomic E-state index is 12.8. The molecular weight excluding hydrogens is 391 g/mol. The molecule has 9 nitrogen and oxygen atoms in total. The van der Waals surface area contributed by atoms with E-state index in [1.54, 1.807) is 6.92 Å². The van der Waals surface area contributed by atoms with Crippen molar-refractivity contribution in [1.29, 1.82) is 0 Å². The SMILES string of the molecule is Cc1c(C(=O)N2CCN(CC(F)(F)F)CC2)cnn1-c1nc2c(c(=O)[nH]1)C=NC2. The van der Waals surface area contributed by atoms with Crippen molar-refractivity contribution in [2.45, 2.75) is 19.6 Å². The first-order chi connectivity index (χ1) is 13.7. The predicted octanol–water partition coefficient (Wildman–Crippen LogP) is 0.517. The topological polar surface area (TPSA) is 99.5 Å². The number of carbonyl (C=O) groups excluding carboxylic acids is 1. The second-order valence-electron chi connectivity index (χ2n) is 6.96. The number of carbonyl (C=O) groups is 1. The number of alkyl halides is 3. The van der Waals surface area contributed by atoms with Gasteiger partial charge in [0, 0.05) is 32.4 Å². The van der Waals surface area contributed by atoms with Crippen LogP contribution in [0, 0.1) is 6.92 Å². The molecule has 2 aromatic heterocycles. The average Bonchev–Trinajstić information content (AvgIpc) is 3.27. The molecule has 154 valence electrons. The number of hydrogen-bond acceptors (Lipinski definition) is 6. The van der Waals surface area contributed by atoms with Crippen LogP contribution in [0.1, 0.15) is 27.3 Å². The highest BCUT2D eigenvalue weighted by Gasteiger charge is 2.33. The summed E-state index contributed by atoms with van der Waals surface area (Å²) < 4.78 is 38.9. The summed E-state index contributed by atoms with van der Waals surface area (Å²) in [6, 6.07) is 0. The molecule has 0 atom stereocenters. The molecule has 0 saturated carbocycles. The van der Waals surface area contributed by atoms with Crippen LogP contribution in [0.4, 0.5) is 13.2 Å². The summed E-state index contributed by atoms with van der Waals surface area (Å²) in [6.07, 6.45) is -1.41. The largest absolute Gasteiger partial charge is 0.401 e. The lowest BCUT2D eigenvalue weighted by Crippen LogP contribution is -2.51. The van der Waals surface area contributed by atoms with Crippen LogP contribution in [0.25, 0.3) is 5.95 Å². The van der Waals surface area contributed by atoms with Crippen molar-refractivity contribution in [3.8, 4) is 5.95 Å². The Balaban J connectivity index is 1.50. The van der Waals surface area contributed by atoms with Gasteiger partial charge in [0.05, 0.1) is 41.8 Å². The summed E-state index contributed by atoms with van der Waals surface area (Å²) >= 11 is 0. The zero-order chi connectivity index (χ0) is 20.8. The minimum absolute atomic E-state index is 0.151. The Hall–Kier alpha value is -3.02. The summed E-state index contributed by atoms with van der Waals surface area (Å²) in [6.45, 7) is 1.70. The Morgan fingerprint density at radius 3 is 2.66 bits per heavy atom. The number of aromatic amines is 1. The molecule has 12 heteroatoms. The van der Waals surface area contributed by atoms with Crippen molar-refractivity contribution in [2.24, 2.45) is 4.99 Å². The van der Waals surface area contributed by atoms with Crippen LogP contribution in [-0.4, -0.2) is 80.6 Å². The van der Waals surface area contributed by atoms with Crippen molar-refractivity contribution in [3.05, 3.63) is 39.1 Å². The number of amides is 1. The number of piperazine rings is 1. The molecule has 0 radical (unpaired) electrons. The number of nitrogens with zero attached hydrogens (tertiary/aromatic N) is 6. The van der Waals surface area contributed by atoms with Gasteiger partial charge in [0.25, 0.3) is 11.5 Å². The Morgan fingerprint density at radius 2 is 1.97 bits per heavy atom. The van der Waals surface area contributed by atoms with E-state index >= 15 is 0 Å². The van der Waals surface area contributed by atoms with Crippen LogP contribution in [0.15, 0.2) is 16.0 Å². The monoisotopic (exact) mass is 409 g/mol. The number of aromatic nitrogens is 4. The lowest BCUT2D eigenvalue weighted by Gasteiger charge is -2.34. The molecule has 4 heterocycles. The Morgan fingerprint density at radius 1 is 1.24 bits per heavy atom. The van der Waals surface area contributed by atoms with Crippen molar-refractivity contribution in [2.75, 3.05) is 32.7 Å². The zero-order valence-electron chi connectivity index (χ0n) is 15.5. The lowest BCUT2D eigenvalue weighted by molar-refractivity contribution is -0.148. The molecule has 2 aromatic rings. The Bertz CT molecular complexity index is 1030. The summed E-state index contributed by atoms with van der Waals surface area (Å²) in [7, 11) is 0. The van der Waals surface area contributed by atoms with Crippen LogP contribution in [0.5, 0.6) is 0 Å². The maximum Gasteiger partial charge on any atom is 0.401 e. The summed E-state index contributed by atoms with van der Waals surface area (Å²) in [5.74, 6) is -0.127. The molecule has 0 unspecified atom stereocenters. The van der Waals surface area contributed by atoms with Gasteiger partial charge in [0.1, 0.15) is 0 Å². The first-order valence-corrected chi connectivity index (χ1v) is 8.99. The van der Waals surface area contributed by atoms with E-state index in [1.807, 2.05) is 0 Å². The number of aliphatic imine (C=N–C) groups is 1. The van der Waals surface area contributed by atoms with E-state index in [0.29, 0.717) is 29.1 Å². The smallest absolute Gasteiger partial charge is 0.336 e. The fraction of sp³-hybridized carbons (Fsp3) is 0.471. The Labute approximate surface area is 162 Å². The highest BCUT2D eigenvalue weighted by atomic mass is 19.4. The van der Waals surface area contributed by atoms with Gasteiger partial charge in [0.15, 0.2) is 0 Å². The van der Waals surface area contributed by atoms with Gasteiger partial charge in [-0.1, -0.05) is 0 Å². The maximum absolute atomic E-state index is 12.8. The number of fused-ring (bicyclic) bond motifs is 1. The molecule has 29 heavy (non-hydrogen) atoms. The van der Waals surface area contributed by atoms with Crippen LogP contribution in [0.3, 0.4) is 0 Å². The molecule has 4 rings (SSSR count). The van der Waals surface area contributed by atoms with Crippen molar-refractivity contribution in [3.63, 3.8) is 0 Å². The van der Waals surface area contributed by atoms with E-state index in [-0.39, 0.29) is 43.6 Å². The van der Waals surface area contributed by atoms with E-state index in [1.165, 1.54) is 26.9 Å². The molecule has 0 aromatic carbocycles. The fourth-order valence-corrected chi connectivity index (χ4v) is 3.46. The molecule has 1 fully saturated rings. The predicted molar refractivity (Wildman–Crippen MR) is 96.4 cm³/mol. The third-order valence-corrected chi connectivity index (χ3v) is 4.99. The van der Waals surface area contributed by atoms with Crippen molar-refractivity contribution in [1.82, 2.24) is 29.5 Å². The average molecular weight is 409 g/mol. The molecule has 2 aliphatic rings. The normalized spacial score (nSPS) is 17.0. The van der Waals surface area contributed by atoms with Crippen molar-refractivity contribution < 1.29 is 18.0 Å². The first-order valence-electron chi connectivity index (χ1n) is 8.99. The van der Waals surface area contributed by atoms with Gasteiger partial charge in [-0.25, -0.2) is 9.67 Å². The van der Waals surface area contributed by atoms with Gasteiger partial charge in [-0.15, -0.1) is 0 Å². The molecule has 1 N–H and O–H groups in total. The lowest BCUT2D eigenvalue weighted by atomic mass is 10.2. The molecule has 2 aliphatic heterocycles. The Kier molecular flexibility index (Phi) is 4.73. The van der Waals surface area contributed by atoms with E-state index < -0.39 is 12.7 Å². The summed E-state index contributed by atoms with van der Waals surface area (Å²) in [4.78, 5) is 38.8. The van der Waals surface area contributed by atoms with Crippen LogP contribution in [-0.2, 0) is 6.54 Å². The standard InChI is InChI=1S/C17H18F3N7O2/c1-10-11(15(29)26-4-2-25(3-5-26)9-17(18,19)20)7-22-27(10)16-23-13-8-21-6-12(13)14(28)24-16/h6-7H,2-5,8-9H2,1H3,(H,23,24,28). The van der Waals surface area contributed by atoms with Gasteiger partial charge in [-0.05, 0) is 6.92 Å². The molecule has 1 amide bonds. The van der Waals surface area contributed by atoms with E-state index in [2.05, 4.69) is 20.1 Å². The third-order valence-electron chi connectivity index (χ3n) is 4.99. The highest BCUT2D eigenvalue weighted by Crippen LogP contribution is 2.19. The molecule has 1 saturated heterocycles. The van der Waals surface area contributed by atoms with E-state index in [4.69, 9.17) is 0 Å². The zero-order valence-corrected chi connectivity index (χ0v) is 15.5. The van der Waals surface area contributed by atoms with Gasteiger partial charge < -0.3 is 4.90 Å². The number of nitrogens with one attached hydrogen (secondary N) is 1. The van der Waals surface area contributed by atoms with Crippen LogP contribution in [0.2, 0.25) is 0 Å². The molecule has 0 aliphatic carbocycles. The van der Waals surface area contributed by atoms with Crippen LogP contribution >= 0.6 is 0 Å². The van der Waals surface area contributed by atoms with E-state index in [0.717, 1.165) is 0 Å². The number of H-pyrrole nitrogens is 1. The van der Waals surface area contributed by atoms with Gasteiger partial charge >= 0.3 is 6.18 Å². The second kappa shape index (κ2) is 7.10. The minimum atomic E-state index is -4.26. The number of hydrogen-bond donors (Lipinski definition) is 1. The van der Waals surface area contributed by atoms with Gasteiger partial charge in [-0.2, -0.15) is 18.3 Å². The molecule has 0 spiro atoms. The van der Waals surface area contributed by atoms with E-state index in [9.17, 15) is 22.8 Å². The summed E-state index contributed by atoms with van der Waals surface area (Å²) in [5.41, 5.74) is 1.40. The number of halogens is 3. The molecular formula is C17H18F3N7O2. The minimum Gasteiger partial charge on any atom is -0.336 e. The highest BCUT2D eigenvalue weighted by molar-refractivity contribution is 5.95. The van der Waals surface area contributed by atoms with Gasteiger partial charge in [0.2, 0.25) is 5.95 Å². The quantitative estimate of drug-likeness (QED) is 0.797. The summed E-state index contributed by atoms with van der Waals surface area (Å²) in [5, 5.41) is 4.17. The first kappa shape index (κ1) is 19.3. The number of rotatable bonds is 3. The second-order valence-corrected chi connectivity index (χ2v) is 6.96. The van der Waals surface area contributed by atoms with Crippen LogP contribution < -0.4 is 5.56 Å². The third kappa shape index (κ3) is 3.79. The van der Waals surface area contributed by atoms with Crippen molar-refractivity contribution >= 4 is 12.1 Å². The fourth-order valence-electron chi connectivity index (χ4n) is 3.46. The molecule has 0 bridgehead atoms.